The van der Waals surface area contributed by atoms with E-state index in [0.29, 0.717) is 46.2 Å². The summed E-state index contributed by atoms with van der Waals surface area (Å²) in [6, 6.07) is 8.95. The van der Waals surface area contributed by atoms with Crippen molar-refractivity contribution in [1.82, 2.24) is 5.32 Å². The average molecular weight is 503 g/mol. The Hall–Kier alpha value is -3.33. The van der Waals surface area contributed by atoms with Crippen LogP contribution in [0.1, 0.15) is 25.8 Å². The topological polar surface area (TPSA) is 94.2 Å². The lowest BCUT2D eigenvalue weighted by atomic mass is 10.1. The number of benzene rings is 2. The van der Waals surface area contributed by atoms with Crippen LogP contribution in [0.3, 0.4) is 0 Å². The normalized spacial score (nSPS) is 15.1. The van der Waals surface area contributed by atoms with Crippen LogP contribution in [-0.2, 0) is 9.59 Å². The summed E-state index contributed by atoms with van der Waals surface area (Å²) in [6.45, 7) is 4.77. The summed E-state index contributed by atoms with van der Waals surface area (Å²) < 4.78 is 17.2. The molecule has 0 bridgehead atoms. The van der Waals surface area contributed by atoms with E-state index in [2.05, 4.69) is 21.2 Å². The SMILES string of the molecule is CCCOc1c(Br)cc(/C=C2\C(=O)NC(=O)N(c3ccc(OC)cc3)C2=O)cc1OCC. The maximum atomic E-state index is 13.1. The molecule has 0 aromatic heterocycles. The quantitative estimate of drug-likeness (QED) is 0.426. The van der Waals surface area contributed by atoms with Crippen molar-refractivity contribution in [2.24, 2.45) is 0 Å². The Kier molecular flexibility index (Phi) is 7.53. The number of rotatable bonds is 8. The van der Waals surface area contributed by atoms with Gasteiger partial charge in [0.1, 0.15) is 11.3 Å². The molecule has 0 aliphatic carbocycles. The first kappa shape index (κ1) is 23.3. The van der Waals surface area contributed by atoms with Crippen LogP contribution in [0, 0.1) is 0 Å². The maximum absolute atomic E-state index is 13.1. The van der Waals surface area contributed by atoms with Gasteiger partial charge in [0, 0.05) is 0 Å². The highest BCUT2D eigenvalue weighted by Crippen LogP contribution is 2.38. The van der Waals surface area contributed by atoms with E-state index in [0.717, 1.165) is 11.3 Å². The largest absolute Gasteiger partial charge is 0.497 e. The van der Waals surface area contributed by atoms with Crippen molar-refractivity contribution >= 4 is 45.5 Å². The Morgan fingerprint density at radius 2 is 1.78 bits per heavy atom. The lowest BCUT2D eigenvalue weighted by Crippen LogP contribution is -2.54. The Balaban J connectivity index is 1.99. The van der Waals surface area contributed by atoms with Gasteiger partial charge in [-0.2, -0.15) is 0 Å². The fraction of sp³-hybridized carbons (Fsp3) is 0.261. The average Bonchev–Trinajstić information content (AvgIpc) is 2.76. The smallest absolute Gasteiger partial charge is 0.335 e. The van der Waals surface area contributed by atoms with Crippen LogP contribution in [0.15, 0.2) is 46.4 Å². The van der Waals surface area contributed by atoms with Crippen LogP contribution in [0.4, 0.5) is 10.5 Å². The van der Waals surface area contributed by atoms with Gasteiger partial charge in [-0.1, -0.05) is 6.92 Å². The Bertz CT molecular complexity index is 1060. The minimum atomic E-state index is -0.818. The first-order valence-electron chi connectivity index (χ1n) is 10.0. The minimum absolute atomic E-state index is 0.183. The number of ether oxygens (including phenoxy) is 3. The number of nitrogens with one attached hydrogen (secondary N) is 1. The molecule has 1 saturated heterocycles. The summed E-state index contributed by atoms with van der Waals surface area (Å²) in [5, 5.41) is 2.21. The molecule has 168 valence electrons. The van der Waals surface area contributed by atoms with Gasteiger partial charge in [-0.15, -0.1) is 0 Å². The summed E-state index contributed by atoms with van der Waals surface area (Å²) >= 11 is 3.47. The predicted octanol–water partition coefficient (Wildman–Crippen LogP) is 4.31. The van der Waals surface area contributed by atoms with Gasteiger partial charge in [0.2, 0.25) is 0 Å². The van der Waals surface area contributed by atoms with Crippen molar-refractivity contribution in [1.29, 1.82) is 0 Å². The zero-order valence-corrected chi connectivity index (χ0v) is 19.5. The van der Waals surface area contributed by atoms with Crippen molar-refractivity contribution in [3.63, 3.8) is 0 Å². The number of carbonyl (C=O) groups excluding carboxylic acids is 3. The van der Waals surface area contributed by atoms with Crippen molar-refractivity contribution in [3.05, 3.63) is 52.0 Å². The molecule has 32 heavy (non-hydrogen) atoms. The van der Waals surface area contributed by atoms with Crippen LogP contribution in [-0.4, -0.2) is 38.2 Å². The van der Waals surface area contributed by atoms with Crippen molar-refractivity contribution in [2.45, 2.75) is 20.3 Å². The minimum Gasteiger partial charge on any atom is -0.497 e. The molecule has 8 nitrogen and oxygen atoms in total. The van der Waals surface area contributed by atoms with Gasteiger partial charge < -0.3 is 14.2 Å². The first-order valence-corrected chi connectivity index (χ1v) is 10.8. The van der Waals surface area contributed by atoms with E-state index in [1.54, 1.807) is 36.4 Å². The maximum Gasteiger partial charge on any atom is 0.335 e. The fourth-order valence-corrected chi connectivity index (χ4v) is 3.64. The van der Waals surface area contributed by atoms with Crippen LogP contribution in [0.2, 0.25) is 0 Å². The highest BCUT2D eigenvalue weighted by molar-refractivity contribution is 9.10. The highest BCUT2D eigenvalue weighted by Gasteiger charge is 2.36. The van der Waals surface area contributed by atoms with Gasteiger partial charge in [0.15, 0.2) is 11.5 Å². The molecular formula is C23H23BrN2O6. The van der Waals surface area contributed by atoms with Crippen molar-refractivity contribution in [2.75, 3.05) is 25.2 Å². The number of anilines is 1. The number of hydrogen-bond donors (Lipinski definition) is 1. The first-order chi connectivity index (χ1) is 15.4. The van der Waals surface area contributed by atoms with E-state index >= 15 is 0 Å². The highest BCUT2D eigenvalue weighted by atomic mass is 79.9. The molecule has 0 unspecified atom stereocenters. The van der Waals surface area contributed by atoms with Crippen LogP contribution >= 0.6 is 15.9 Å². The molecule has 2 aromatic carbocycles. The molecule has 2 aromatic rings. The number of amides is 4. The molecule has 1 aliphatic rings. The molecule has 0 atom stereocenters. The molecule has 4 amide bonds. The molecule has 1 N–H and O–H groups in total. The summed E-state index contributed by atoms with van der Waals surface area (Å²) in [7, 11) is 1.51. The molecule has 0 spiro atoms. The second-order valence-corrected chi connectivity index (χ2v) is 7.62. The third-order valence-electron chi connectivity index (χ3n) is 4.53. The lowest BCUT2D eigenvalue weighted by molar-refractivity contribution is -0.122. The standard InChI is InChI=1S/C23H23BrN2O6/c1-4-10-32-20-18(24)12-14(13-19(20)31-5-2)11-17-21(27)25-23(29)26(22(17)28)15-6-8-16(30-3)9-7-15/h6-9,11-13H,4-5,10H2,1-3H3,(H,25,27,29)/b17-11+. The summed E-state index contributed by atoms with van der Waals surface area (Å²) in [5.74, 6) is 0.0952. The molecular weight excluding hydrogens is 480 g/mol. The monoisotopic (exact) mass is 502 g/mol. The van der Waals surface area contributed by atoms with Gasteiger partial charge in [0.05, 0.1) is 30.5 Å². The second kappa shape index (κ2) is 10.3. The number of methoxy groups -OCH3 is 1. The number of hydrogen-bond acceptors (Lipinski definition) is 6. The Morgan fingerprint density at radius 3 is 2.41 bits per heavy atom. The fourth-order valence-electron chi connectivity index (χ4n) is 3.07. The van der Waals surface area contributed by atoms with Gasteiger partial charge in [-0.25, -0.2) is 9.69 Å². The van der Waals surface area contributed by atoms with E-state index in [4.69, 9.17) is 14.2 Å². The molecule has 9 heteroatoms. The molecule has 0 radical (unpaired) electrons. The number of imide groups is 2. The number of nitrogens with zero attached hydrogens (tertiary/aromatic N) is 1. The molecule has 1 aliphatic heterocycles. The number of urea groups is 1. The molecule has 1 heterocycles. The van der Waals surface area contributed by atoms with Crippen molar-refractivity contribution in [3.8, 4) is 17.2 Å². The van der Waals surface area contributed by atoms with E-state index in [-0.39, 0.29) is 5.57 Å². The van der Waals surface area contributed by atoms with Gasteiger partial charge in [-0.3, -0.25) is 14.9 Å². The molecule has 3 rings (SSSR count). The molecule has 0 saturated carbocycles. The van der Waals surface area contributed by atoms with Crippen LogP contribution in [0.5, 0.6) is 17.2 Å². The van der Waals surface area contributed by atoms with E-state index in [1.165, 1.54) is 13.2 Å². The lowest BCUT2D eigenvalue weighted by Gasteiger charge is -2.26. The second-order valence-electron chi connectivity index (χ2n) is 6.77. The Labute approximate surface area is 194 Å². The number of carbonyl (C=O) groups is 3. The van der Waals surface area contributed by atoms with Crippen LogP contribution < -0.4 is 24.4 Å². The van der Waals surface area contributed by atoms with Gasteiger partial charge in [-0.05, 0) is 77.3 Å². The third kappa shape index (κ3) is 4.94. The predicted molar refractivity (Wildman–Crippen MR) is 123 cm³/mol. The number of barbiturate groups is 1. The van der Waals surface area contributed by atoms with E-state index in [1.807, 2.05) is 13.8 Å². The van der Waals surface area contributed by atoms with Gasteiger partial charge >= 0.3 is 6.03 Å². The van der Waals surface area contributed by atoms with E-state index < -0.39 is 17.8 Å². The zero-order chi connectivity index (χ0) is 23.3. The van der Waals surface area contributed by atoms with Crippen LogP contribution in [0.25, 0.3) is 6.08 Å². The summed E-state index contributed by atoms with van der Waals surface area (Å²) in [4.78, 5) is 38.8. The third-order valence-corrected chi connectivity index (χ3v) is 5.11. The van der Waals surface area contributed by atoms with Gasteiger partial charge in [0.25, 0.3) is 11.8 Å². The molecule has 1 fully saturated rings. The zero-order valence-electron chi connectivity index (χ0n) is 17.9. The Morgan fingerprint density at radius 1 is 1.06 bits per heavy atom. The summed E-state index contributed by atoms with van der Waals surface area (Å²) in [6.07, 6.45) is 2.24. The summed E-state index contributed by atoms with van der Waals surface area (Å²) in [5.41, 5.74) is 0.662. The number of halogens is 1. The van der Waals surface area contributed by atoms with E-state index in [9.17, 15) is 14.4 Å². The van der Waals surface area contributed by atoms with Crippen molar-refractivity contribution < 1.29 is 28.6 Å².